The van der Waals surface area contributed by atoms with Crippen LogP contribution in [0.4, 0.5) is 250 Å². The fraction of sp³-hybridized carbons (Fsp3) is 0.712. The topological polar surface area (TPSA) is 109 Å². The highest BCUT2D eigenvalue weighted by Gasteiger charge is 2.96. The molecule has 0 radical (unpaired) electrons. The molecule has 119 heavy (non-hydrogen) atoms. The minimum atomic E-state index is -7.95. The van der Waals surface area contributed by atoms with Gasteiger partial charge in [-0.05, 0) is 32.1 Å². The van der Waals surface area contributed by atoms with Gasteiger partial charge in [-0.3, -0.25) is 24.0 Å². The highest BCUT2D eigenvalue weighted by atomic mass is 19.5. The number of alkyl halides is 57. The zero-order valence-electron chi connectivity index (χ0n) is 55.5. The Morgan fingerprint density at radius 1 is 0.261 bits per heavy atom. The zero-order valence-corrected chi connectivity index (χ0v) is 55.5. The van der Waals surface area contributed by atoms with Gasteiger partial charge in [0, 0.05) is 37.3 Å². The molecule has 4 fully saturated rings. The number of carbonyl (C=O) groups excluding carboxylic acids is 5. The van der Waals surface area contributed by atoms with Gasteiger partial charge in [0.1, 0.15) is 24.2 Å². The minimum absolute atomic E-state index is 0.00731. The summed E-state index contributed by atoms with van der Waals surface area (Å²) >= 11 is 0. The lowest BCUT2D eigenvalue weighted by molar-refractivity contribution is -0.440. The van der Waals surface area contributed by atoms with Crippen molar-refractivity contribution in [3.05, 3.63) is 62.3 Å². The van der Waals surface area contributed by atoms with Crippen molar-refractivity contribution in [2.45, 2.75) is 193 Å². The Balaban J connectivity index is 0.00000147. The van der Waals surface area contributed by atoms with Gasteiger partial charge in [-0.25, -0.2) is 0 Å². The molecule has 696 valence electrons. The van der Waals surface area contributed by atoms with Crippen molar-refractivity contribution < 1.29 is 274 Å². The number of halogens is 57. The van der Waals surface area contributed by atoms with Crippen molar-refractivity contribution in [3.8, 4) is 0 Å². The average Bonchev–Trinajstić information content (AvgIpc) is 1.07. The summed E-state index contributed by atoms with van der Waals surface area (Å²) in [6.45, 7) is 8.43. The number of hydrogen-bond donors (Lipinski definition) is 1. The summed E-state index contributed by atoms with van der Waals surface area (Å²) in [6, 6.07) is -11.8. The predicted octanol–water partition coefficient (Wildman–Crippen LogP) is 18.8. The molecule has 4 saturated heterocycles. The van der Waals surface area contributed by atoms with E-state index in [2.05, 4.69) is 32.9 Å². The van der Waals surface area contributed by atoms with Crippen LogP contribution >= 0.6 is 0 Å². The standard InChI is InChI=1S/C12H8F13NO.C11H6F13NO.C10H6F13NO.C10H8F9NO.C9H6F9NO/c1-4(2)6(27)26-3-5(26)7(13,14)8(15,16)9(17,18)10(19,20)11(21,22)12(23,24)25;1-2-5(26)25-3-4(25)6(12,13)7(14,15)8(16,17)9(18,19)10(20,21)11(22,23)24;1-2-4(25)24-3-5(11,12)6(13,14)7(15,16)8(17,18)9(19,20)10(21,22)23;1-4(2)6(21)20-3-5(20)7(11,12)8(13,14)9(15,16)10(17,18)19;1-2-5(20)19-3-4(19)6(10,11)7(12,13)8(14,15)9(16,17)18/h5H,1,3H2,2H3;2,4H,1,3H2;2H,1,3H2,(H,24,25);5H,1,3H2,2H3;2,4H,1,3H2. The Bertz CT molecular complexity index is 3740. The lowest BCUT2D eigenvalue weighted by Gasteiger charge is -2.39. The number of hydrogen-bond acceptors (Lipinski definition) is 5. The molecule has 4 unspecified atom stereocenters. The van der Waals surface area contributed by atoms with Gasteiger partial charge >= 0.3 is 155 Å². The van der Waals surface area contributed by atoms with E-state index < -0.39 is 247 Å². The van der Waals surface area contributed by atoms with Crippen LogP contribution in [0.1, 0.15) is 13.8 Å². The monoisotopic (exact) mass is 1890 g/mol. The first-order valence-electron chi connectivity index (χ1n) is 28.3. The maximum atomic E-state index is 13.7. The van der Waals surface area contributed by atoms with Gasteiger partial charge in [0.05, 0.1) is 6.54 Å². The Morgan fingerprint density at radius 3 is 0.597 bits per heavy atom. The first kappa shape index (κ1) is 111. The van der Waals surface area contributed by atoms with Gasteiger partial charge in [-0.1, -0.05) is 32.9 Å². The van der Waals surface area contributed by atoms with E-state index >= 15 is 0 Å². The van der Waals surface area contributed by atoms with E-state index in [9.17, 15) is 274 Å². The minimum Gasteiger partial charge on any atom is -0.346 e. The summed E-state index contributed by atoms with van der Waals surface area (Å²) in [7, 11) is 0. The van der Waals surface area contributed by atoms with Crippen molar-refractivity contribution >= 4 is 29.5 Å². The first-order chi connectivity index (χ1) is 51.3. The number of rotatable bonds is 27. The van der Waals surface area contributed by atoms with Crippen LogP contribution in [0.15, 0.2) is 62.3 Å². The third kappa shape index (κ3) is 18.3. The second-order valence-electron chi connectivity index (χ2n) is 23.7. The number of carbonyl (C=O) groups is 5. The molecule has 0 spiro atoms. The van der Waals surface area contributed by atoms with Gasteiger partial charge < -0.3 is 24.9 Å². The molecule has 67 heteroatoms. The third-order valence-corrected chi connectivity index (χ3v) is 15.2. The first-order valence-corrected chi connectivity index (χ1v) is 28.3. The van der Waals surface area contributed by atoms with Crippen LogP contribution < -0.4 is 5.32 Å². The molecule has 10 nitrogen and oxygen atoms in total. The van der Waals surface area contributed by atoms with Gasteiger partial charge in [-0.15, -0.1) is 0 Å². The van der Waals surface area contributed by atoms with Crippen LogP contribution in [0.25, 0.3) is 0 Å². The number of nitrogens with one attached hydrogen (secondary N) is 1. The molecule has 4 rings (SSSR count). The van der Waals surface area contributed by atoms with E-state index in [4.69, 9.17) is 0 Å². The molecule has 0 aromatic heterocycles. The van der Waals surface area contributed by atoms with Crippen LogP contribution in [0.2, 0.25) is 0 Å². The van der Waals surface area contributed by atoms with E-state index in [1.807, 2.05) is 0 Å². The number of amides is 5. The van der Waals surface area contributed by atoms with E-state index in [0.717, 1.165) is 19.2 Å². The Labute approximate surface area is 617 Å². The largest absolute Gasteiger partial charge is 0.460 e. The quantitative estimate of drug-likeness (QED) is 0.0501. The molecule has 0 bridgehead atoms. The van der Waals surface area contributed by atoms with Crippen molar-refractivity contribution in [1.29, 1.82) is 0 Å². The Hall–Kier alpha value is -7.94. The van der Waals surface area contributed by atoms with Crippen LogP contribution in [-0.2, 0) is 24.0 Å². The second kappa shape index (κ2) is 32.1. The Morgan fingerprint density at radius 2 is 0.420 bits per heavy atom. The van der Waals surface area contributed by atoms with Crippen LogP contribution in [0, 0.1) is 0 Å². The fourth-order valence-corrected chi connectivity index (χ4v) is 7.82. The molecular weight excluding hydrogens is 1860 g/mol. The van der Waals surface area contributed by atoms with Crippen LogP contribution in [0.3, 0.4) is 0 Å². The third-order valence-electron chi connectivity index (χ3n) is 15.2. The smallest absolute Gasteiger partial charge is 0.346 e. The average molecular weight is 1890 g/mol. The lowest BCUT2D eigenvalue weighted by Crippen LogP contribution is -2.71. The lowest BCUT2D eigenvalue weighted by atomic mass is 9.92. The highest BCUT2D eigenvalue weighted by molar-refractivity contribution is 5.95. The summed E-state index contributed by atoms with van der Waals surface area (Å²) in [4.78, 5) is 54.3. The van der Waals surface area contributed by atoms with E-state index in [1.165, 1.54) is 0 Å². The highest BCUT2D eigenvalue weighted by Crippen LogP contribution is 2.67. The summed E-state index contributed by atoms with van der Waals surface area (Å²) < 4.78 is 725. The molecule has 0 aromatic carbocycles. The molecule has 4 aliphatic heterocycles. The SMILES string of the molecule is C=C(C)C(=O)N1CC1C(F)(F)C(F)(F)C(F)(F)C(F)(F)C(F)(F)C(F)(F)F.C=C(C)C(=O)N1CC1C(F)(F)C(F)(F)C(F)(F)C(F)(F)F.C=CC(=O)N1CC1C(F)(F)C(F)(F)C(F)(F)C(F)(F)C(F)(F)C(F)(F)F.C=CC(=O)N1CC1C(F)(F)C(F)(F)C(F)(F)C(F)(F)F.C=CC(=O)NCC(F)(F)C(F)(F)C(F)(F)C(F)(F)C(F)(F)C(F)(F)F. The van der Waals surface area contributed by atoms with Gasteiger partial charge in [0.25, 0.3) is 0 Å². The molecular formula is C52H34F57N5O5. The van der Waals surface area contributed by atoms with Gasteiger partial charge in [0.2, 0.25) is 29.5 Å². The molecule has 1 N–H and O–H groups in total. The molecule has 4 aliphatic rings. The van der Waals surface area contributed by atoms with Crippen molar-refractivity contribution in [1.82, 2.24) is 24.9 Å². The van der Waals surface area contributed by atoms with Crippen molar-refractivity contribution in [2.24, 2.45) is 0 Å². The summed E-state index contributed by atoms with van der Waals surface area (Å²) in [5.74, 6) is -158. The summed E-state index contributed by atoms with van der Waals surface area (Å²) in [5.41, 5.74) is -0.892. The summed E-state index contributed by atoms with van der Waals surface area (Å²) in [6.07, 6.45) is -35.2. The molecule has 0 aliphatic carbocycles. The summed E-state index contributed by atoms with van der Waals surface area (Å²) in [5, 5.41) is 0.796. The normalized spacial score (nSPS) is 19.2. The zero-order chi connectivity index (χ0) is 97.0. The maximum absolute atomic E-state index is 13.7. The van der Waals surface area contributed by atoms with Crippen molar-refractivity contribution in [2.75, 3.05) is 32.7 Å². The number of nitrogens with zero attached hydrogens (tertiary/aromatic N) is 4. The fourth-order valence-electron chi connectivity index (χ4n) is 7.82. The van der Waals surface area contributed by atoms with E-state index in [1.54, 1.807) is 0 Å². The predicted molar refractivity (Wildman–Crippen MR) is 269 cm³/mol. The van der Waals surface area contributed by atoms with Crippen LogP contribution in [0.5, 0.6) is 0 Å². The maximum Gasteiger partial charge on any atom is 0.460 e. The Kier molecular flexibility index (Phi) is 29.9. The molecule has 4 atom stereocenters. The second-order valence-corrected chi connectivity index (χ2v) is 23.7. The van der Waals surface area contributed by atoms with Crippen LogP contribution in [-0.4, -0.2) is 261 Å². The molecule has 4 heterocycles. The van der Waals surface area contributed by atoms with E-state index in [0.29, 0.717) is 6.08 Å². The van der Waals surface area contributed by atoms with Gasteiger partial charge in [0.15, 0.2) is 0 Å². The molecule has 0 saturated carbocycles. The van der Waals surface area contributed by atoms with Gasteiger partial charge in [-0.2, -0.15) is 250 Å². The van der Waals surface area contributed by atoms with E-state index in [-0.39, 0.29) is 37.3 Å². The van der Waals surface area contributed by atoms with Crippen molar-refractivity contribution in [3.63, 3.8) is 0 Å². The molecule has 0 aromatic rings. The molecule has 5 amide bonds.